The van der Waals surface area contributed by atoms with E-state index >= 15 is 0 Å². The number of benzene rings is 3. The van der Waals surface area contributed by atoms with E-state index in [4.69, 9.17) is 0 Å². The molecule has 0 unspecified atom stereocenters. The highest BCUT2D eigenvalue weighted by molar-refractivity contribution is 6.00. The number of amides is 2. The van der Waals surface area contributed by atoms with Crippen LogP contribution in [0.5, 0.6) is 0 Å². The molecule has 3 aromatic carbocycles. The zero-order valence-electron chi connectivity index (χ0n) is 17.6. The molecule has 2 heterocycles. The third-order valence-electron chi connectivity index (χ3n) is 5.75. The van der Waals surface area contributed by atoms with E-state index in [0.29, 0.717) is 36.5 Å². The lowest BCUT2D eigenvalue weighted by Crippen LogP contribution is -2.39. The van der Waals surface area contributed by atoms with Crippen molar-refractivity contribution < 1.29 is 18.4 Å². The Kier molecular flexibility index (Phi) is 5.34. The average Bonchev–Trinajstić information content (AvgIpc) is 3.19. The van der Waals surface area contributed by atoms with Crippen LogP contribution >= 0.6 is 0 Å². The van der Waals surface area contributed by atoms with E-state index in [1.807, 2.05) is 34.9 Å². The first kappa shape index (κ1) is 20.8. The van der Waals surface area contributed by atoms with Crippen molar-refractivity contribution in [1.82, 2.24) is 19.8 Å². The topological polar surface area (TPSA) is 67.2 Å². The minimum Gasteiger partial charge on any atom is -0.348 e. The highest BCUT2D eigenvalue weighted by Crippen LogP contribution is 2.23. The maximum absolute atomic E-state index is 13.8. The van der Waals surface area contributed by atoms with Crippen LogP contribution < -0.4 is 5.32 Å². The molecular formula is C25H20F2N4O2. The van der Waals surface area contributed by atoms with Crippen LogP contribution in [0.1, 0.15) is 32.1 Å². The Morgan fingerprint density at radius 2 is 1.82 bits per heavy atom. The summed E-state index contributed by atoms with van der Waals surface area (Å²) in [5.74, 6) is -1.61. The third kappa shape index (κ3) is 4.07. The van der Waals surface area contributed by atoms with Gasteiger partial charge in [-0.05, 0) is 29.8 Å². The molecule has 0 spiro atoms. The predicted molar refractivity (Wildman–Crippen MR) is 118 cm³/mol. The molecule has 5 rings (SSSR count). The maximum Gasteiger partial charge on any atom is 0.290 e. The Labute approximate surface area is 188 Å². The van der Waals surface area contributed by atoms with Gasteiger partial charge in [-0.3, -0.25) is 9.59 Å². The number of aromatic nitrogens is 2. The van der Waals surface area contributed by atoms with Crippen LogP contribution in [0.15, 0.2) is 66.7 Å². The lowest BCUT2D eigenvalue weighted by atomic mass is 10.1. The second-order valence-electron chi connectivity index (χ2n) is 7.92. The van der Waals surface area contributed by atoms with Crippen molar-refractivity contribution in [2.75, 3.05) is 6.54 Å². The first-order valence-corrected chi connectivity index (χ1v) is 10.6. The van der Waals surface area contributed by atoms with Gasteiger partial charge < -0.3 is 14.8 Å². The lowest BCUT2D eigenvalue weighted by Gasteiger charge is -2.27. The fourth-order valence-electron chi connectivity index (χ4n) is 4.02. The molecule has 4 aromatic rings. The molecule has 0 atom stereocenters. The average molecular weight is 446 g/mol. The molecule has 1 aromatic heterocycles. The van der Waals surface area contributed by atoms with Gasteiger partial charge in [0.05, 0.1) is 11.0 Å². The van der Waals surface area contributed by atoms with Crippen molar-refractivity contribution in [3.63, 3.8) is 0 Å². The number of hydrogen-bond donors (Lipinski definition) is 1. The summed E-state index contributed by atoms with van der Waals surface area (Å²) in [4.78, 5) is 31.9. The minimum absolute atomic E-state index is 0.0738. The zero-order valence-corrected chi connectivity index (χ0v) is 17.6. The van der Waals surface area contributed by atoms with Crippen LogP contribution in [0.3, 0.4) is 0 Å². The van der Waals surface area contributed by atoms with Gasteiger partial charge >= 0.3 is 0 Å². The molecule has 0 fully saturated rings. The molecule has 0 bridgehead atoms. The van der Waals surface area contributed by atoms with Gasteiger partial charge in [0.15, 0.2) is 5.82 Å². The van der Waals surface area contributed by atoms with Gasteiger partial charge in [-0.25, -0.2) is 13.8 Å². The number of hydrogen-bond acceptors (Lipinski definition) is 3. The summed E-state index contributed by atoms with van der Waals surface area (Å²) < 4.78 is 28.7. The Morgan fingerprint density at radius 1 is 1.00 bits per heavy atom. The number of halogens is 2. The summed E-state index contributed by atoms with van der Waals surface area (Å²) in [5.41, 5.74) is 2.90. The highest BCUT2D eigenvalue weighted by atomic mass is 19.1. The van der Waals surface area contributed by atoms with Crippen LogP contribution in [0.4, 0.5) is 8.78 Å². The summed E-state index contributed by atoms with van der Waals surface area (Å²) >= 11 is 0. The number of fused-ring (bicyclic) bond motifs is 3. The van der Waals surface area contributed by atoms with Crippen LogP contribution in [0.25, 0.3) is 11.0 Å². The van der Waals surface area contributed by atoms with Gasteiger partial charge in [-0.15, -0.1) is 0 Å². The van der Waals surface area contributed by atoms with Gasteiger partial charge in [0.2, 0.25) is 0 Å². The summed E-state index contributed by atoms with van der Waals surface area (Å²) in [6.07, 6.45) is 0. The summed E-state index contributed by atoms with van der Waals surface area (Å²) in [5, 5.41) is 2.63. The summed E-state index contributed by atoms with van der Waals surface area (Å²) in [6.45, 7) is 1.61. The molecule has 0 saturated carbocycles. The molecule has 0 aliphatic carbocycles. The highest BCUT2D eigenvalue weighted by Gasteiger charge is 2.28. The summed E-state index contributed by atoms with van der Waals surface area (Å²) in [7, 11) is 0. The Morgan fingerprint density at radius 3 is 2.61 bits per heavy atom. The maximum atomic E-state index is 13.8. The van der Waals surface area contributed by atoms with E-state index in [-0.39, 0.29) is 18.0 Å². The first-order chi connectivity index (χ1) is 16.0. The van der Waals surface area contributed by atoms with E-state index in [1.54, 1.807) is 23.1 Å². The van der Waals surface area contributed by atoms with Crippen molar-refractivity contribution in [1.29, 1.82) is 0 Å². The number of carbonyl (C=O) groups is 2. The molecule has 1 aliphatic rings. The van der Waals surface area contributed by atoms with Crippen molar-refractivity contribution in [3.05, 3.63) is 101 Å². The molecule has 0 radical (unpaired) electrons. The van der Waals surface area contributed by atoms with Gasteiger partial charge in [0.1, 0.15) is 11.6 Å². The van der Waals surface area contributed by atoms with E-state index in [9.17, 15) is 18.4 Å². The standard InChI is InChI=1S/C25H20F2N4O2/c26-19-8-6-18(20(27)13-19)14-28-24(32)17-7-9-22-21(12-17)29-23-25(33)30(10-11-31(22)23)15-16-4-2-1-3-5-16/h1-9,12-13H,10-11,14-15H2,(H,28,32). The SMILES string of the molecule is O=C(NCc1ccc(F)cc1F)c1ccc2c(c1)nc1n2CCN(Cc2ccccc2)C1=O. The van der Waals surface area contributed by atoms with Crippen LogP contribution in [-0.2, 0) is 19.6 Å². The molecule has 6 nitrogen and oxygen atoms in total. The molecule has 1 aliphatic heterocycles. The number of nitrogens with one attached hydrogen (secondary N) is 1. The quantitative estimate of drug-likeness (QED) is 0.506. The largest absolute Gasteiger partial charge is 0.348 e. The van der Waals surface area contributed by atoms with Crippen molar-refractivity contribution in [2.24, 2.45) is 0 Å². The first-order valence-electron chi connectivity index (χ1n) is 10.6. The van der Waals surface area contributed by atoms with Crippen LogP contribution in [0, 0.1) is 11.6 Å². The van der Waals surface area contributed by atoms with Gasteiger partial charge in [0, 0.05) is 43.4 Å². The number of nitrogens with zero attached hydrogens (tertiary/aromatic N) is 3. The van der Waals surface area contributed by atoms with Gasteiger partial charge in [-0.2, -0.15) is 0 Å². The predicted octanol–water partition coefficient (Wildman–Crippen LogP) is 3.90. The van der Waals surface area contributed by atoms with E-state index < -0.39 is 17.5 Å². The van der Waals surface area contributed by atoms with Crippen molar-refractivity contribution in [3.8, 4) is 0 Å². The molecule has 1 N–H and O–H groups in total. The third-order valence-corrected chi connectivity index (χ3v) is 5.75. The van der Waals surface area contributed by atoms with Crippen LogP contribution in [0.2, 0.25) is 0 Å². The van der Waals surface area contributed by atoms with Crippen molar-refractivity contribution >= 4 is 22.8 Å². The van der Waals surface area contributed by atoms with Crippen LogP contribution in [-0.4, -0.2) is 32.8 Å². The minimum atomic E-state index is -0.717. The monoisotopic (exact) mass is 446 g/mol. The normalized spacial score (nSPS) is 13.3. The fourth-order valence-corrected chi connectivity index (χ4v) is 4.02. The number of imidazole rings is 1. The van der Waals surface area contributed by atoms with E-state index in [0.717, 1.165) is 23.2 Å². The Balaban J connectivity index is 1.34. The number of rotatable bonds is 5. The smallest absolute Gasteiger partial charge is 0.290 e. The van der Waals surface area contributed by atoms with E-state index in [1.165, 1.54) is 6.07 Å². The molecule has 33 heavy (non-hydrogen) atoms. The summed E-state index contributed by atoms with van der Waals surface area (Å²) in [6, 6.07) is 18.0. The second kappa shape index (κ2) is 8.46. The van der Waals surface area contributed by atoms with Crippen molar-refractivity contribution in [2.45, 2.75) is 19.6 Å². The molecule has 8 heteroatoms. The second-order valence-corrected chi connectivity index (χ2v) is 7.92. The Hall–Kier alpha value is -4.07. The molecule has 2 amide bonds. The Bertz CT molecular complexity index is 1370. The fraction of sp³-hybridized carbons (Fsp3) is 0.160. The molecule has 0 saturated heterocycles. The number of carbonyl (C=O) groups excluding carboxylic acids is 2. The van der Waals surface area contributed by atoms with Gasteiger partial charge in [-0.1, -0.05) is 36.4 Å². The lowest BCUT2D eigenvalue weighted by molar-refractivity contribution is 0.0685. The van der Waals surface area contributed by atoms with E-state index in [2.05, 4.69) is 10.3 Å². The molecular weight excluding hydrogens is 426 g/mol. The molecule has 166 valence electrons. The zero-order chi connectivity index (χ0) is 22.9. The van der Waals surface area contributed by atoms with Gasteiger partial charge in [0.25, 0.3) is 11.8 Å².